The highest BCUT2D eigenvalue weighted by molar-refractivity contribution is 7.89. The van der Waals surface area contributed by atoms with E-state index in [4.69, 9.17) is 16.3 Å². The SMILES string of the molecule is COCC(Cl)CNS(=O)(=O)c1ncccc1F. The average molecular weight is 283 g/mol. The largest absolute Gasteiger partial charge is 0.383 e. The van der Waals surface area contributed by atoms with Crippen LogP contribution in [0.25, 0.3) is 0 Å². The van der Waals surface area contributed by atoms with Crippen LogP contribution in [0.2, 0.25) is 0 Å². The molecule has 0 radical (unpaired) electrons. The molecule has 1 N–H and O–H groups in total. The van der Waals surface area contributed by atoms with E-state index in [9.17, 15) is 12.8 Å². The van der Waals surface area contributed by atoms with Crippen molar-refractivity contribution in [2.24, 2.45) is 0 Å². The molecule has 1 rings (SSSR count). The van der Waals surface area contributed by atoms with Gasteiger partial charge in [-0.15, -0.1) is 11.6 Å². The molecule has 0 spiro atoms. The molecule has 1 heterocycles. The second kappa shape index (κ2) is 6.25. The number of pyridine rings is 1. The third-order valence-electron chi connectivity index (χ3n) is 1.82. The van der Waals surface area contributed by atoms with Crippen LogP contribution in [0.4, 0.5) is 4.39 Å². The van der Waals surface area contributed by atoms with Crippen molar-refractivity contribution in [3.05, 3.63) is 24.1 Å². The Morgan fingerprint density at radius 2 is 2.35 bits per heavy atom. The van der Waals surface area contributed by atoms with Crippen LogP contribution in [-0.4, -0.2) is 39.0 Å². The Labute approximate surface area is 104 Å². The molecule has 0 saturated heterocycles. The maximum Gasteiger partial charge on any atom is 0.261 e. The first kappa shape index (κ1) is 14.3. The van der Waals surface area contributed by atoms with Crippen LogP contribution in [0.3, 0.4) is 0 Å². The molecule has 1 unspecified atom stereocenters. The van der Waals surface area contributed by atoms with E-state index in [2.05, 4.69) is 9.71 Å². The van der Waals surface area contributed by atoms with Gasteiger partial charge >= 0.3 is 0 Å². The lowest BCUT2D eigenvalue weighted by Crippen LogP contribution is -2.32. The molecule has 0 amide bonds. The van der Waals surface area contributed by atoms with Gasteiger partial charge < -0.3 is 4.74 Å². The Morgan fingerprint density at radius 3 is 2.94 bits per heavy atom. The molecule has 0 saturated carbocycles. The first-order chi connectivity index (χ1) is 7.97. The van der Waals surface area contributed by atoms with Crippen molar-refractivity contribution in [1.82, 2.24) is 9.71 Å². The van der Waals surface area contributed by atoms with Crippen LogP contribution >= 0.6 is 11.6 Å². The van der Waals surface area contributed by atoms with Crippen LogP contribution in [0, 0.1) is 5.82 Å². The van der Waals surface area contributed by atoms with Gasteiger partial charge in [0.05, 0.1) is 12.0 Å². The summed E-state index contributed by atoms with van der Waals surface area (Å²) in [5, 5.41) is -1.16. The number of hydrogen-bond acceptors (Lipinski definition) is 4. The van der Waals surface area contributed by atoms with Crippen LogP contribution in [0.15, 0.2) is 23.4 Å². The van der Waals surface area contributed by atoms with Gasteiger partial charge in [0.2, 0.25) is 5.03 Å². The van der Waals surface area contributed by atoms with Crippen LogP contribution < -0.4 is 4.72 Å². The fourth-order valence-corrected chi connectivity index (χ4v) is 2.45. The molecule has 0 aromatic carbocycles. The van der Waals surface area contributed by atoms with Crippen molar-refractivity contribution in [2.75, 3.05) is 20.3 Å². The van der Waals surface area contributed by atoms with E-state index in [-0.39, 0.29) is 13.2 Å². The third-order valence-corrected chi connectivity index (χ3v) is 3.46. The highest BCUT2D eigenvalue weighted by Crippen LogP contribution is 2.09. The minimum Gasteiger partial charge on any atom is -0.383 e. The summed E-state index contributed by atoms with van der Waals surface area (Å²) in [5.41, 5.74) is 0. The Kier molecular flexibility index (Phi) is 5.26. The molecule has 5 nitrogen and oxygen atoms in total. The minimum atomic E-state index is -3.98. The van der Waals surface area contributed by atoms with Crippen molar-refractivity contribution in [3.63, 3.8) is 0 Å². The van der Waals surface area contributed by atoms with Gasteiger partial charge in [0.1, 0.15) is 0 Å². The van der Waals surface area contributed by atoms with E-state index in [1.807, 2.05) is 0 Å². The molecule has 0 aliphatic carbocycles. The van der Waals surface area contributed by atoms with Crippen LogP contribution in [0.1, 0.15) is 0 Å². The van der Waals surface area contributed by atoms with Gasteiger partial charge in [-0.1, -0.05) is 0 Å². The predicted molar refractivity (Wildman–Crippen MR) is 60.9 cm³/mol. The van der Waals surface area contributed by atoms with Crippen LogP contribution in [0.5, 0.6) is 0 Å². The van der Waals surface area contributed by atoms with E-state index in [1.54, 1.807) is 0 Å². The van der Waals surface area contributed by atoms with Crippen molar-refractivity contribution in [1.29, 1.82) is 0 Å². The molecular weight excluding hydrogens is 271 g/mol. The maximum atomic E-state index is 13.2. The zero-order valence-electron chi connectivity index (χ0n) is 9.06. The van der Waals surface area contributed by atoms with Gasteiger partial charge in [0.25, 0.3) is 10.0 Å². The summed E-state index contributed by atoms with van der Waals surface area (Å²) < 4.78 is 43.4. The number of ether oxygens (including phenoxy) is 1. The van der Waals surface area contributed by atoms with Crippen LogP contribution in [-0.2, 0) is 14.8 Å². The number of alkyl halides is 1. The van der Waals surface area contributed by atoms with Gasteiger partial charge in [0, 0.05) is 19.9 Å². The van der Waals surface area contributed by atoms with Gasteiger partial charge in [0.15, 0.2) is 5.82 Å². The molecule has 0 aliphatic rings. The lowest BCUT2D eigenvalue weighted by Gasteiger charge is -2.10. The first-order valence-electron chi connectivity index (χ1n) is 4.70. The molecule has 0 bridgehead atoms. The Balaban J connectivity index is 2.73. The number of halogens is 2. The van der Waals surface area contributed by atoms with E-state index in [0.29, 0.717) is 0 Å². The smallest absolute Gasteiger partial charge is 0.261 e. The number of sulfonamides is 1. The average Bonchev–Trinajstić information content (AvgIpc) is 2.27. The van der Waals surface area contributed by atoms with E-state index < -0.39 is 26.2 Å². The number of nitrogens with one attached hydrogen (secondary N) is 1. The zero-order chi connectivity index (χ0) is 12.9. The molecule has 96 valence electrons. The van der Waals surface area contributed by atoms with Crippen molar-refractivity contribution < 1.29 is 17.5 Å². The Hall–Kier alpha value is -0.760. The second-order valence-corrected chi connectivity index (χ2v) is 5.49. The minimum absolute atomic E-state index is 0.0618. The normalized spacial score (nSPS) is 13.6. The molecule has 17 heavy (non-hydrogen) atoms. The fraction of sp³-hybridized carbons (Fsp3) is 0.444. The lowest BCUT2D eigenvalue weighted by atomic mass is 10.5. The van der Waals surface area contributed by atoms with Gasteiger partial charge in [-0.2, -0.15) is 0 Å². The van der Waals surface area contributed by atoms with Gasteiger partial charge in [-0.3, -0.25) is 0 Å². The lowest BCUT2D eigenvalue weighted by molar-refractivity contribution is 0.198. The standard InChI is InChI=1S/C9H12ClFN2O3S/c1-16-6-7(10)5-13-17(14,15)9-8(11)3-2-4-12-9/h2-4,7,13H,5-6H2,1H3. The molecule has 1 atom stereocenters. The second-order valence-electron chi connectivity index (χ2n) is 3.19. The number of hydrogen-bond donors (Lipinski definition) is 1. The van der Waals surface area contributed by atoms with E-state index in [1.165, 1.54) is 19.4 Å². The molecule has 1 aromatic heterocycles. The number of aromatic nitrogens is 1. The van der Waals surface area contributed by atoms with Crippen molar-refractivity contribution >= 4 is 21.6 Å². The zero-order valence-corrected chi connectivity index (χ0v) is 10.6. The Bertz CT molecular complexity index is 469. The van der Waals surface area contributed by atoms with Crippen molar-refractivity contribution in [3.8, 4) is 0 Å². The summed E-state index contributed by atoms with van der Waals surface area (Å²) in [6.07, 6.45) is 1.20. The summed E-state index contributed by atoms with van der Waals surface area (Å²) in [6, 6.07) is 2.33. The van der Waals surface area contributed by atoms with Crippen molar-refractivity contribution in [2.45, 2.75) is 10.4 Å². The quantitative estimate of drug-likeness (QED) is 0.782. The number of nitrogens with zero attached hydrogens (tertiary/aromatic N) is 1. The Morgan fingerprint density at radius 1 is 1.65 bits per heavy atom. The number of rotatable bonds is 6. The summed E-state index contributed by atoms with van der Waals surface area (Å²) >= 11 is 5.75. The maximum absolute atomic E-state index is 13.2. The molecule has 0 aliphatic heterocycles. The molecule has 8 heteroatoms. The summed E-state index contributed by atoms with van der Waals surface area (Å²) in [5.74, 6) is -0.905. The predicted octanol–water partition coefficient (Wildman–Crippen LogP) is 0.753. The van der Waals surface area contributed by atoms with Gasteiger partial charge in [-0.25, -0.2) is 22.5 Å². The van der Waals surface area contributed by atoms with E-state index in [0.717, 1.165) is 6.07 Å². The summed E-state index contributed by atoms with van der Waals surface area (Å²) in [4.78, 5) is 3.47. The van der Waals surface area contributed by atoms with Gasteiger partial charge in [-0.05, 0) is 12.1 Å². The summed E-state index contributed by atoms with van der Waals surface area (Å²) in [7, 11) is -2.53. The summed E-state index contributed by atoms with van der Waals surface area (Å²) in [6.45, 7) is 0.127. The highest BCUT2D eigenvalue weighted by Gasteiger charge is 2.21. The third kappa shape index (κ3) is 4.19. The fourth-order valence-electron chi connectivity index (χ4n) is 1.08. The van der Waals surface area contributed by atoms with E-state index >= 15 is 0 Å². The topological polar surface area (TPSA) is 68.3 Å². The number of methoxy groups -OCH3 is 1. The molecule has 0 fully saturated rings. The molecule has 1 aromatic rings. The monoisotopic (exact) mass is 282 g/mol. The highest BCUT2D eigenvalue weighted by atomic mass is 35.5. The molecular formula is C9H12ClFN2O3S. The first-order valence-corrected chi connectivity index (χ1v) is 6.62.